The van der Waals surface area contributed by atoms with Gasteiger partial charge in [0, 0.05) is 12.5 Å². The Bertz CT molecular complexity index is 590. The standard InChI is InChI=1S/C15H18N2O6/c1-4-22-14(20)11-6-10(13(19)17-16-9(3)18)7-12(8-11)15(21)23-5-2/h6-8H,4-5H2,1-3H3,(H,16,18)(H,17,19). The summed E-state index contributed by atoms with van der Waals surface area (Å²) in [6.07, 6.45) is 0. The average Bonchev–Trinajstić information content (AvgIpc) is 2.52. The molecule has 0 aliphatic carbocycles. The zero-order valence-corrected chi connectivity index (χ0v) is 13.1. The Morgan fingerprint density at radius 1 is 0.826 bits per heavy atom. The lowest BCUT2D eigenvalue weighted by Gasteiger charge is -2.10. The normalized spacial score (nSPS) is 9.70. The van der Waals surface area contributed by atoms with Crippen molar-refractivity contribution in [2.75, 3.05) is 13.2 Å². The second kappa shape index (κ2) is 8.52. The maximum absolute atomic E-state index is 12.0. The molecule has 0 spiro atoms. The van der Waals surface area contributed by atoms with Gasteiger partial charge in [0.1, 0.15) is 0 Å². The molecule has 1 aromatic carbocycles. The van der Waals surface area contributed by atoms with Crippen molar-refractivity contribution in [1.29, 1.82) is 0 Å². The Balaban J connectivity index is 3.17. The fourth-order valence-corrected chi connectivity index (χ4v) is 1.64. The minimum atomic E-state index is -0.683. The lowest BCUT2D eigenvalue weighted by Crippen LogP contribution is -2.40. The molecule has 0 aliphatic rings. The first-order chi connectivity index (χ1) is 10.9. The van der Waals surface area contributed by atoms with E-state index in [0.29, 0.717) is 0 Å². The van der Waals surface area contributed by atoms with Gasteiger partial charge in [0.15, 0.2) is 0 Å². The summed E-state index contributed by atoms with van der Waals surface area (Å²) in [7, 11) is 0. The number of benzene rings is 1. The molecule has 0 atom stereocenters. The van der Waals surface area contributed by atoms with Crippen LogP contribution in [-0.2, 0) is 14.3 Å². The predicted molar refractivity (Wildman–Crippen MR) is 79.6 cm³/mol. The van der Waals surface area contributed by atoms with E-state index in [1.807, 2.05) is 0 Å². The number of hydrogen-bond acceptors (Lipinski definition) is 6. The van der Waals surface area contributed by atoms with Crippen molar-refractivity contribution in [3.63, 3.8) is 0 Å². The second-order valence-electron chi connectivity index (χ2n) is 4.38. The molecule has 0 saturated heterocycles. The van der Waals surface area contributed by atoms with E-state index in [4.69, 9.17) is 9.47 Å². The van der Waals surface area contributed by atoms with E-state index in [9.17, 15) is 19.2 Å². The lowest BCUT2D eigenvalue weighted by molar-refractivity contribution is -0.119. The molecule has 0 fully saturated rings. The van der Waals surface area contributed by atoms with Crippen molar-refractivity contribution < 1.29 is 28.7 Å². The van der Waals surface area contributed by atoms with Gasteiger partial charge in [-0.25, -0.2) is 9.59 Å². The van der Waals surface area contributed by atoms with E-state index >= 15 is 0 Å². The highest BCUT2D eigenvalue weighted by molar-refractivity contribution is 6.02. The number of rotatable bonds is 5. The summed E-state index contributed by atoms with van der Waals surface area (Å²) < 4.78 is 9.73. The van der Waals surface area contributed by atoms with Gasteiger partial charge in [-0.1, -0.05) is 0 Å². The zero-order valence-electron chi connectivity index (χ0n) is 13.1. The van der Waals surface area contributed by atoms with Gasteiger partial charge in [0.05, 0.1) is 24.3 Å². The summed E-state index contributed by atoms with van der Waals surface area (Å²) in [4.78, 5) is 46.5. The third kappa shape index (κ3) is 5.42. The van der Waals surface area contributed by atoms with Gasteiger partial charge in [-0.05, 0) is 32.0 Å². The maximum Gasteiger partial charge on any atom is 0.338 e. The Labute approximate surface area is 133 Å². The Hall–Kier alpha value is -2.90. The molecule has 1 aromatic rings. The van der Waals surface area contributed by atoms with Crippen LogP contribution in [0.5, 0.6) is 0 Å². The average molecular weight is 322 g/mol. The highest BCUT2D eigenvalue weighted by Crippen LogP contribution is 2.13. The summed E-state index contributed by atoms with van der Waals surface area (Å²) in [5.74, 6) is -2.50. The van der Waals surface area contributed by atoms with Crippen LogP contribution in [0.25, 0.3) is 0 Å². The number of nitrogens with one attached hydrogen (secondary N) is 2. The lowest BCUT2D eigenvalue weighted by atomic mass is 10.1. The molecule has 0 unspecified atom stereocenters. The molecule has 0 aliphatic heterocycles. The molecule has 1 rings (SSSR count). The third-order valence-electron chi connectivity index (χ3n) is 2.57. The number of carbonyl (C=O) groups is 4. The van der Waals surface area contributed by atoms with Crippen LogP contribution >= 0.6 is 0 Å². The van der Waals surface area contributed by atoms with E-state index in [-0.39, 0.29) is 29.9 Å². The van der Waals surface area contributed by atoms with E-state index in [1.165, 1.54) is 25.1 Å². The maximum atomic E-state index is 12.0. The van der Waals surface area contributed by atoms with Crippen molar-refractivity contribution >= 4 is 23.8 Å². The number of carbonyl (C=O) groups excluding carboxylic acids is 4. The van der Waals surface area contributed by atoms with Crippen LogP contribution in [0.15, 0.2) is 18.2 Å². The van der Waals surface area contributed by atoms with Crippen LogP contribution in [0, 0.1) is 0 Å². The second-order valence-corrected chi connectivity index (χ2v) is 4.38. The molecule has 0 heterocycles. The molecule has 8 heteroatoms. The first-order valence-corrected chi connectivity index (χ1v) is 6.95. The highest BCUT2D eigenvalue weighted by atomic mass is 16.5. The molecule has 0 radical (unpaired) electrons. The largest absolute Gasteiger partial charge is 0.462 e. The van der Waals surface area contributed by atoms with Crippen LogP contribution in [0.4, 0.5) is 0 Å². The minimum absolute atomic E-state index is 0.00681. The first-order valence-electron chi connectivity index (χ1n) is 6.95. The fraction of sp³-hybridized carbons (Fsp3) is 0.333. The van der Waals surface area contributed by atoms with Gasteiger partial charge < -0.3 is 9.47 Å². The molecule has 2 amide bonds. The third-order valence-corrected chi connectivity index (χ3v) is 2.57. The van der Waals surface area contributed by atoms with E-state index in [0.717, 1.165) is 0 Å². The van der Waals surface area contributed by atoms with E-state index in [1.54, 1.807) is 13.8 Å². The van der Waals surface area contributed by atoms with Gasteiger partial charge in [0.25, 0.3) is 5.91 Å². The minimum Gasteiger partial charge on any atom is -0.462 e. The van der Waals surface area contributed by atoms with Crippen LogP contribution in [0.2, 0.25) is 0 Å². The quantitative estimate of drug-likeness (QED) is 0.613. The van der Waals surface area contributed by atoms with E-state index < -0.39 is 23.8 Å². The van der Waals surface area contributed by atoms with Crippen molar-refractivity contribution in [3.8, 4) is 0 Å². The Morgan fingerprint density at radius 3 is 1.65 bits per heavy atom. The van der Waals surface area contributed by atoms with Gasteiger partial charge in [-0.3, -0.25) is 20.4 Å². The molecular formula is C15H18N2O6. The molecule has 23 heavy (non-hydrogen) atoms. The summed E-state index contributed by atoms with van der Waals surface area (Å²) in [6, 6.07) is 3.81. The van der Waals surface area contributed by atoms with Gasteiger partial charge in [0.2, 0.25) is 5.91 Å². The number of hydrogen-bond donors (Lipinski definition) is 2. The van der Waals surface area contributed by atoms with Crippen LogP contribution in [0.1, 0.15) is 51.8 Å². The van der Waals surface area contributed by atoms with Gasteiger partial charge in [-0.15, -0.1) is 0 Å². The van der Waals surface area contributed by atoms with Gasteiger partial charge >= 0.3 is 11.9 Å². The van der Waals surface area contributed by atoms with Crippen molar-refractivity contribution in [2.24, 2.45) is 0 Å². The molecule has 2 N–H and O–H groups in total. The summed E-state index contributed by atoms with van der Waals surface area (Å²) in [6.45, 7) is 4.79. The first kappa shape index (κ1) is 18.1. The van der Waals surface area contributed by atoms with Crippen LogP contribution in [-0.4, -0.2) is 37.0 Å². The number of amides is 2. The molecule has 124 valence electrons. The Kier molecular flexibility index (Phi) is 6.72. The molecular weight excluding hydrogens is 304 g/mol. The monoisotopic (exact) mass is 322 g/mol. The van der Waals surface area contributed by atoms with E-state index in [2.05, 4.69) is 10.9 Å². The van der Waals surface area contributed by atoms with Crippen LogP contribution < -0.4 is 10.9 Å². The summed E-state index contributed by atoms with van der Waals surface area (Å²) in [5, 5.41) is 0. The van der Waals surface area contributed by atoms with Crippen molar-refractivity contribution in [2.45, 2.75) is 20.8 Å². The summed E-state index contributed by atoms with van der Waals surface area (Å²) in [5.41, 5.74) is 4.34. The predicted octanol–water partition coefficient (Wildman–Crippen LogP) is 0.821. The molecule has 0 saturated carbocycles. The SMILES string of the molecule is CCOC(=O)c1cc(C(=O)NNC(C)=O)cc(C(=O)OCC)c1. The highest BCUT2D eigenvalue weighted by Gasteiger charge is 2.17. The number of hydrazine groups is 1. The number of esters is 2. The summed E-state index contributed by atoms with van der Waals surface area (Å²) >= 11 is 0. The molecule has 8 nitrogen and oxygen atoms in total. The zero-order chi connectivity index (χ0) is 17.4. The molecule has 0 bridgehead atoms. The van der Waals surface area contributed by atoms with Crippen molar-refractivity contribution in [3.05, 3.63) is 34.9 Å². The van der Waals surface area contributed by atoms with Crippen molar-refractivity contribution in [1.82, 2.24) is 10.9 Å². The smallest absolute Gasteiger partial charge is 0.338 e. The molecule has 0 aromatic heterocycles. The fourth-order valence-electron chi connectivity index (χ4n) is 1.64. The van der Waals surface area contributed by atoms with Gasteiger partial charge in [-0.2, -0.15) is 0 Å². The number of ether oxygens (including phenoxy) is 2. The topological polar surface area (TPSA) is 111 Å². The Morgan fingerprint density at radius 2 is 1.26 bits per heavy atom. The van der Waals surface area contributed by atoms with Crippen LogP contribution in [0.3, 0.4) is 0 Å².